The van der Waals surface area contributed by atoms with Gasteiger partial charge in [-0.1, -0.05) is 24.8 Å². The normalized spacial score (nSPS) is 12.6. The van der Waals surface area contributed by atoms with Crippen LogP contribution in [0.4, 0.5) is 4.39 Å². The molecule has 0 radical (unpaired) electrons. The SMILES string of the molecule is CCNC(C)c1ccc(Sc2cnn(C)c2)c(F)c1. The predicted octanol–water partition coefficient (Wildman–Crippen LogP) is 3.38. The van der Waals surface area contributed by atoms with Crippen LogP contribution in [0, 0.1) is 5.82 Å². The molecule has 1 aromatic carbocycles. The molecular formula is C14H18FN3S. The van der Waals surface area contributed by atoms with Gasteiger partial charge in [-0.2, -0.15) is 5.10 Å². The number of nitrogens with one attached hydrogen (secondary N) is 1. The molecule has 0 aliphatic heterocycles. The van der Waals surface area contributed by atoms with Gasteiger partial charge in [-0.05, 0) is 31.2 Å². The van der Waals surface area contributed by atoms with Crippen molar-refractivity contribution in [2.75, 3.05) is 6.54 Å². The molecule has 1 unspecified atom stereocenters. The van der Waals surface area contributed by atoms with Crippen LogP contribution >= 0.6 is 11.8 Å². The molecule has 5 heteroatoms. The second-order valence-corrected chi connectivity index (χ2v) is 5.54. The zero-order chi connectivity index (χ0) is 13.8. The first-order valence-corrected chi connectivity index (χ1v) is 7.11. The first-order valence-electron chi connectivity index (χ1n) is 6.29. The zero-order valence-electron chi connectivity index (χ0n) is 11.4. The van der Waals surface area contributed by atoms with Gasteiger partial charge in [0.2, 0.25) is 0 Å². The smallest absolute Gasteiger partial charge is 0.137 e. The highest BCUT2D eigenvalue weighted by Gasteiger charge is 2.10. The maximum Gasteiger partial charge on any atom is 0.137 e. The van der Waals surface area contributed by atoms with Crippen molar-refractivity contribution in [2.24, 2.45) is 7.05 Å². The summed E-state index contributed by atoms with van der Waals surface area (Å²) in [4.78, 5) is 1.56. The lowest BCUT2D eigenvalue weighted by molar-refractivity contribution is 0.572. The van der Waals surface area contributed by atoms with Crippen molar-refractivity contribution in [1.82, 2.24) is 15.1 Å². The number of hydrogen-bond acceptors (Lipinski definition) is 3. The lowest BCUT2D eigenvalue weighted by Crippen LogP contribution is -2.17. The molecule has 1 N–H and O–H groups in total. The Bertz CT molecular complexity index is 553. The molecule has 3 nitrogen and oxygen atoms in total. The van der Waals surface area contributed by atoms with Crippen LogP contribution in [-0.4, -0.2) is 16.3 Å². The van der Waals surface area contributed by atoms with Crippen LogP contribution < -0.4 is 5.32 Å². The Morgan fingerprint density at radius 2 is 2.26 bits per heavy atom. The highest BCUT2D eigenvalue weighted by molar-refractivity contribution is 7.99. The lowest BCUT2D eigenvalue weighted by Gasteiger charge is -2.13. The zero-order valence-corrected chi connectivity index (χ0v) is 12.2. The Balaban J connectivity index is 2.15. The van der Waals surface area contributed by atoms with Gasteiger partial charge in [-0.3, -0.25) is 4.68 Å². The molecule has 2 rings (SSSR count). The first kappa shape index (κ1) is 14.1. The van der Waals surface area contributed by atoms with E-state index < -0.39 is 0 Å². The molecular weight excluding hydrogens is 261 g/mol. The Labute approximate surface area is 117 Å². The van der Waals surface area contributed by atoms with Gasteiger partial charge in [-0.15, -0.1) is 0 Å². The minimum atomic E-state index is -0.184. The molecule has 0 saturated heterocycles. The minimum absolute atomic E-state index is 0.164. The second-order valence-electron chi connectivity index (χ2n) is 4.42. The quantitative estimate of drug-likeness (QED) is 0.910. The van der Waals surface area contributed by atoms with E-state index in [0.29, 0.717) is 4.90 Å². The summed E-state index contributed by atoms with van der Waals surface area (Å²) in [7, 11) is 1.85. The van der Waals surface area contributed by atoms with E-state index in [1.165, 1.54) is 11.8 Å². The second kappa shape index (κ2) is 6.21. The van der Waals surface area contributed by atoms with Crippen molar-refractivity contribution in [2.45, 2.75) is 29.7 Å². The minimum Gasteiger partial charge on any atom is -0.310 e. The monoisotopic (exact) mass is 279 g/mol. The van der Waals surface area contributed by atoms with E-state index in [2.05, 4.69) is 10.4 Å². The summed E-state index contributed by atoms with van der Waals surface area (Å²) in [6.07, 6.45) is 3.61. The van der Waals surface area contributed by atoms with Crippen LogP contribution in [0.2, 0.25) is 0 Å². The summed E-state index contributed by atoms with van der Waals surface area (Å²) in [5.41, 5.74) is 0.967. The van der Waals surface area contributed by atoms with Crippen LogP contribution in [0.5, 0.6) is 0 Å². The molecule has 0 fully saturated rings. The number of rotatable bonds is 5. The summed E-state index contributed by atoms with van der Waals surface area (Å²) in [5.74, 6) is -0.184. The summed E-state index contributed by atoms with van der Waals surface area (Å²) in [5, 5.41) is 7.35. The topological polar surface area (TPSA) is 29.9 Å². The van der Waals surface area contributed by atoms with E-state index in [4.69, 9.17) is 0 Å². The molecule has 0 spiro atoms. The largest absolute Gasteiger partial charge is 0.310 e. The van der Waals surface area contributed by atoms with E-state index >= 15 is 0 Å². The van der Waals surface area contributed by atoms with E-state index in [-0.39, 0.29) is 11.9 Å². The average molecular weight is 279 g/mol. The van der Waals surface area contributed by atoms with E-state index in [1.807, 2.05) is 39.2 Å². The fraction of sp³-hybridized carbons (Fsp3) is 0.357. The average Bonchev–Trinajstić information content (AvgIpc) is 2.78. The van der Waals surface area contributed by atoms with Crippen LogP contribution in [0.15, 0.2) is 40.4 Å². The Hall–Kier alpha value is -1.33. The van der Waals surface area contributed by atoms with Gasteiger partial charge in [0, 0.05) is 24.2 Å². The maximum atomic E-state index is 14.1. The molecule has 0 saturated carbocycles. The number of aromatic nitrogens is 2. The number of halogens is 1. The Morgan fingerprint density at radius 1 is 1.47 bits per heavy atom. The summed E-state index contributed by atoms with van der Waals surface area (Å²) in [6.45, 7) is 4.95. The molecule has 1 heterocycles. The standard InChI is InChI=1S/C14H18FN3S/c1-4-16-10(2)11-5-6-14(13(15)7-11)19-12-8-17-18(3)9-12/h5-10,16H,4H2,1-3H3. The highest BCUT2D eigenvalue weighted by Crippen LogP contribution is 2.30. The van der Waals surface area contributed by atoms with Crippen LogP contribution in [-0.2, 0) is 7.05 Å². The Kier molecular flexibility index (Phi) is 4.61. The first-order chi connectivity index (χ1) is 9.10. The summed E-state index contributed by atoms with van der Waals surface area (Å²) < 4.78 is 15.8. The molecule has 1 aromatic heterocycles. The fourth-order valence-corrected chi connectivity index (χ4v) is 2.72. The van der Waals surface area contributed by atoms with Crippen LogP contribution in [0.25, 0.3) is 0 Å². The van der Waals surface area contributed by atoms with E-state index in [1.54, 1.807) is 16.9 Å². The summed E-state index contributed by atoms with van der Waals surface area (Å²) in [6, 6.07) is 5.56. The van der Waals surface area contributed by atoms with Crippen LogP contribution in [0.3, 0.4) is 0 Å². The molecule has 1 atom stereocenters. The summed E-state index contributed by atoms with van der Waals surface area (Å²) >= 11 is 1.39. The van der Waals surface area contributed by atoms with Crippen molar-refractivity contribution in [3.05, 3.63) is 42.0 Å². The van der Waals surface area contributed by atoms with Gasteiger partial charge >= 0.3 is 0 Å². The molecule has 0 aliphatic carbocycles. The molecule has 0 amide bonds. The third kappa shape index (κ3) is 3.58. The molecule has 102 valence electrons. The van der Waals surface area contributed by atoms with Crippen LogP contribution in [0.1, 0.15) is 25.5 Å². The lowest BCUT2D eigenvalue weighted by atomic mass is 10.1. The Morgan fingerprint density at radius 3 is 2.84 bits per heavy atom. The van der Waals surface area contributed by atoms with Crippen molar-refractivity contribution < 1.29 is 4.39 Å². The maximum absolute atomic E-state index is 14.1. The van der Waals surface area contributed by atoms with Gasteiger partial charge < -0.3 is 5.32 Å². The number of benzene rings is 1. The third-order valence-corrected chi connectivity index (χ3v) is 3.87. The number of nitrogens with zero attached hydrogens (tertiary/aromatic N) is 2. The van der Waals surface area contributed by atoms with Crippen molar-refractivity contribution in [3.8, 4) is 0 Å². The molecule has 0 aliphatic rings. The highest BCUT2D eigenvalue weighted by atomic mass is 32.2. The third-order valence-electron chi connectivity index (χ3n) is 2.88. The molecule has 0 bridgehead atoms. The number of hydrogen-bond donors (Lipinski definition) is 1. The molecule has 2 aromatic rings. The van der Waals surface area contributed by atoms with Crippen molar-refractivity contribution in [1.29, 1.82) is 0 Å². The van der Waals surface area contributed by atoms with Gasteiger partial charge in [0.05, 0.1) is 11.1 Å². The number of aryl methyl sites for hydroxylation is 1. The van der Waals surface area contributed by atoms with E-state index in [9.17, 15) is 4.39 Å². The van der Waals surface area contributed by atoms with Gasteiger partial charge in [0.15, 0.2) is 0 Å². The van der Waals surface area contributed by atoms with Crippen molar-refractivity contribution >= 4 is 11.8 Å². The van der Waals surface area contributed by atoms with Gasteiger partial charge in [0.25, 0.3) is 0 Å². The van der Waals surface area contributed by atoms with E-state index in [0.717, 1.165) is 17.0 Å². The van der Waals surface area contributed by atoms with Crippen molar-refractivity contribution in [3.63, 3.8) is 0 Å². The van der Waals surface area contributed by atoms with Gasteiger partial charge in [0.1, 0.15) is 5.82 Å². The fourth-order valence-electron chi connectivity index (χ4n) is 1.87. The molecule has 19 heavy (non-hydrogen) atoms. The van der Waals surface area contributed by atoms with Gasteiger partial charge in [-0.25, -0.2) is 4.39 Å². The predicted molar refractivity (Wildman–Crippen MR) is 75.8 cm³/mol.